The number of fused-ring (bicyclic) bond motifs is 9. The van der Waals surface area contributed by atoms with Crippen molar-refractivity contribution in [3.8, 4) is 33.4 Å². The fourth-order valence-corrected chi connectivity index (χ4v) is 7.78. The molecule has 0 atom stereocenters. The molecule has 0 spiro atoms. The van der Waals surface area contributed by atoms with Crippen molar-refractivity contribution in [2.45, 2.75) is 6.92 Å². The molecule has 2 nitrogen and oxygen atoms in total. The highest BCUT2D eigenvalue weighted by Crippen LogP contribution is 2.42. The molecule has 0 bridgehead atoms. The van der Waals surface area contributed by atoms with Crippen molar-refractivity contribution in [2.24, 2.45) is 0 Å². The summed E-state index contributed by atoms with van der Waals surface area (Å²) in [5, 5.41) is 9.22. The maximum atomic E-state index is 6.59. The summed E-state index contributed by atoms with van der Waals surface area (Å²) < 4.78 is 12.7. The third kappa shape index (κ3) is 4.80. The molecule has 8 aromatic carbocycles. The maximum Gasteiger partial charge on any atom is 0.147 e. The lowest BCUT2D eigenvalue weighted by Crippen LogP contribution is -1.91. The zero-order valence-electron chi connectivity index (χ0n) is 28.1. The lowest BCUT2D eigenvalue weighted by Gasteiger charge is -2.16. The molecular weight excluding hydrogens is 621 g/mol. The van der Waals surface area contributed by atoms with Crippen LogP contribution in [-0.4, -0.2) is 0 Å². The molecule has 10 rings (SSSR count). The minimum atomic E-state index is 0.846. The molecule has 2 heteroatoms. The topological polar surface area (TPSA) is 26.3 Å². The number of benzene rings is 8. The van der Waals surface area contributed by atoms with Gasteiger partial charge in [-0.05, 0) is 116 Å². The minimum absolute atomic E-state index is 0.846. The Bertz CT molecular complexity index is 3020. The SMILES string of the molecule is C/C=C\C=C/c1cc(-c2ccc3cc(-c4ccc5c(c4)oc4c5ccc5oc6ccccc6c54)ccc3c2)c2ccccc2c1-c1ccccc1. The van der Waals surface area contributed by atoms with E-state index in [1.54, 1.807) is 0 Å². The first kappa shape index (κ1) is 29.3. The minimum Gasteiger partial charge on any atom is -0.456 e. The summed E-state index contributed by atoms with van der Waals surface area (Å²) in [5.74, 6) is 0. The zero-order valence-corrected chi connectivity index (χ0v) is 28.1. The van der Waals surface area contributed by atoms with Crippen LogP contribution in [0.5, 0.6) is 0 Å². The van der Waals surface area contributed by atoms with Gasteiger partial charge in [-0.1, -0.05) is 127 Å². The van der Waals surface area contributed by atoms with E-state index < -0.39 is 0 Å². The summed E-state index contributed by atoms with van der Waals surface area (Å²) in [5.41, 5.74) is 11.9. The molecule has 2 aromatic heterocycles. The van der Waals surface area contributed by atoms with Gasteiger partial charge in [-0.3, -0.25) is 0 Å². The molecule has 0 fully saturated rings. The Hall–Kier alpha value is -6.64. The van der Waals surface area contributed by atoms with Crippen LogP contribution in [0.15, 0.2) is 179 Å². The standard InChI is InChI=1S/C49H32O2/c1-2-3-5-14-37-29-43(38-15-8-9-16-40(38)47(37)31-12-6-4-7-13-31)36-22-21-32-27-33(19-20-34(32)28-36)35-23-24-39-41-25-26-45-48(49(41)51-46(39)30-35)42-17-10-11-18-44(42)50-45/h2-30H,1H3/b3-2-,14-5-. The molecule has 51 heavy (non-hydrogen) atoms. The third-order valence-electron chi connectivity index (χ3n) is 10.2. The smallest absolute Gasteiger partial charge is 0.147 e. The molecule has 0 aliphatic carbocycles. The highest BCUT2D eigenvalue weighted by atomic mass is 16.3. The second kappa shape index (κ2) is 11.8. The van der Waals surface area contributed by atoms with Crippen LogP contribution in [0.3, 0.4) is 0 Å². The molecular formula is C49H32O2. The zero-order chi connectivity index (χ0) is 33.9. The Kier molecular flexibility index (Phi) is 6.75. The van der Waals surface area contributed by atoms with Crippen molar-refractivity contribution >= 4 is 71.5 Å². The highest BCUT2D eigenvalue weighted by Gasteiger charge is 2.17. The van der Waals surface area contributed by atoms with Gasteiger partial charge < -0.3 is 8.83 Å². The number of allylic oxidation sites excluding steroid dienone is 3. The molecule has 0 radical (unpaired) electrons. The molecule has 0 unspecified atom stereocenters. The largest absolute Gasteiger partial charge is 0.456 e. The van der Waals surface area contributed by atoms with Crippen LogP contribution >= 0.6 is 0 Å². The summed E-state index contributed by atoms with van der Waals surface area (Å²) in [6.07, 6.45) is 8.51. The van der Waals surface area contributed by atoms with Crippen molar-refractivity contribution in [3.63, 3.8) is 0 Å². The normalized spacial score (nSPS) is 12.3. The summed E-state index contributed by atoms with van der Waals surface area (Å²) in [4.78, 5) is 0. The van der Waals surface area contributed by atoms with E-state index in [4.69, 9.17) is 8.83 Å². The van der Waals surface area contributed by atoms with Crippen molar-refractivity contribution in [1.29, 1.82) is 0 Å². The first-order valence-electron chi connectivity index (χ1n) is 17.5. The predicted octanol–water partition coefficient (Wildman–Crippen LogP) is 14.4. The second-order valence-corrected chi connectivity index (χ2v) is 13.2. The molecule has 0 N–H and O–H groups in total. The van der Waals surface area contributed by atoms with Gasteiger partial charge in [0.15, 0.2) is 0 Å². The van der Waals surface area contributed by atoms with E-state index in [-0.39, 0.29) is 0 Å². The number of para-hydroxylation sites is 1. The Morgan fingerprint density at radius 3 is 1.96 bits per heavy atom. The highest BCUT2D eigenvalue weighted by molar-refractivity contribution is 6.22. The number of hydrogen-bond acceptors (Lipinski definition) is 2. The maximum absolute atomic E-state index is 6.59. The van der Waals surface area contributed by atoms with Crippen molar-refractivity contribution < 1.29 is 8.83 Å². The van der Waals surface area contributed by atoms with Crippen LogP contribution in [0.1, 0.15) is 12.5 Å². The van der Waals surface area contributed by atoms with Crippen LogP contribution in [-0.2, 0) is 0 Å². The van der Waals surface area contributed by atoms with Crippen molar-refractivity contribution in [2.75, 3.05) is 0 Å². The van der Waals surface area contributed by atoms with Gasteiger partial charge in [0.05, 0.1) is 5.39 Å². The van der Waals surface area contributed by atoms with Gasteiger partial charge in [0.2, 0.25) is 0 Å². The summed E-state index contributed by atoms with van der Waals surface area (Å²) in [7, 11) is 0. The lowest BCUT2D eigenvalue weighted by molar-refractivity contribution is 0.663. The quantitative estimate of drug-likeness (QED) is 0.173. The number of furan rings is 2. The molecule has 0 saturated carbocycles. The van der Waals surface area contributed by atoms with E-state index in [2.05, 4.69) is 158 Å². The predicted molar refractivity (Wildman–Crippen MR) is 216 cm³/mol. The van der Waals surface area contributed by atoms with Gasteiger partial charge in [0, 0.05) is 16.2 Å². The average molecular weight is 653 g/mol. The van der Waals surface area contributed by atoms with Crippen LogP contribution in [0.2, 0.25) is 0 Å². The Morgan fingerprint density at radius 2 is 1.12 bits per heavy atom. The van der Waals surface area contributed by atoms with Crippen molar-refractivity contribution in [1.82, 2.24) is 0 Å². The van der Waals surface area contributed by atoms with Gasteiger partial charge in [0.1, 0.15) is 22.3 Å². The number of rotatable bonds is 5. The molecule has 0 amide bonds. The van der Waals surface area contributed by atoms with Crippen LogP contribution in [0, 0.1) is 0 Å². The molecule has 2 heterocycles. The Balaban J connectivity index is 1.07. The summed E-state index contributed by atoms with van der Waals surface area (Å²) >= 11 is 0. The van der Waals surface area contributed by atoms with Gasteiger partial charge in [-0.25, -0.2) is 0 Å². The summed E-state index contributed by atoms with van der Waals surface area (Å²) in [6, 6.07) is 54.3. The van der Waals surface area contributed by atoms with Gasteiger partial charge in [-0.15, -0.1) is 0 Å². The first-order valence-corrected chi connectivity index (χ1v) is 17.5. The Morgan fingerprint density at radius 1 is 0.431 bits per heavy atom. The molecule has 240 valence electrons. The molecule has 0 aliphatic rings. The van der Waals surface area contributed by atoms with Gasteiger partial charge in [-0.2, -0.15) is 0 Å². The van der Waals surface area contributed by atoms with Gasteiger partial charge in [0.25, 0.3) is 0 Å². The third-order valence-corrected chi connectivity index (χ3v) is 10.2. The molecule has 0 aliphatic heterocycles. The summed E-state index contributed by atoms with van der Waals surface area (Å²) in [6.45, 7) is 2.05. The number of hydrogen-bond donors (Lipinski definition) is 0. The molecule has 0 saturated heterocycles. The molecule has 10 aromatic rings. The van der Waals surface area contributed by atoms with E-state index in [0.29, 0.717) is 0 Å². The Labute approximate surface area is 295 Å². The fraction of sp³-hybridized carbons (Fsp3) is 0.0204. The average Bonchev–Trinajstić information content (AvgIpc) is 3.75. The lowest BCUT2D eigenvalue weighted by atomic mass is 9.87. The van der Waals surface area contributed by atoms with E-state index in [1.165, 1.54) is 49.4 Å². The van der Waals surface area contributed by atoms with E-state index >= 15 is 0 Å². The first-order chi connectivity index (χ1) is 25.2. The monoisotopic (exact) mass is 652 g/mol. The van der Waals surface area contributed by atoms with E-state index in [1.807, 2.05) is 25.1 Å². The van der Waals surface area contributed by atoms with Crippen LogP contribution in [0.4, 0.5) is 0 Å². The van der Waals surface area contributed by atoms with Crippen LogP contribution in [0.25, 0.3) is 105 Å². The van der Waals surface area contributed by atoms with E-state index in [0.717, 1.165) is 55.0 Å². The fourth-order valence-electron chi connectivity index (χ4n) is 7.78. The van der Waals surface area contributed by atoms with Crippen LogP contribution < -0.4 is 0 Å². The second-order valence-electron chi connectivity index (χ2n) is 13.2. The van der Waals surface area contributed by atoms with E-state index in [9.17, 15) is 0 Å². The van der Waals surface area contributed by atoms with Gasteiger partial charge >= 0.3 is 0 Å². The van der Waals surface area contributed by atoms with Crippen molar-refractivity contribution in [3.05, 3.63) is 175 Å².